The predicted molar refractivity (Wildman–Crippen MR) is 67.1 cm³/mol. The second-order valence-electron chi connectivity index (χ2n) is 3.64. The minimum absolute atomic E-state index is 0.454. The number of rotatable bonds is 2. The van der Waals surface area contributed by atoms with Crippen LogP contribution in [0.2, 0.25) is 0 Å². The van der Waals surface area contributed by atoms with Gasteiger partial charge in [-0.15, -0.1) is 10.2 Å². The second kappa shape index (κ2) is 4.26. The summed E-state index contributed by atoms with van der Waals surface area (Å²) in [7, 11) is 0. The lowest BCUT2D eigenvalue weighted by molar-refractivity contribution is 0.429. The first-order valence-electron chi connectivity index (χ1n) is 5.20. The molecule has 2 aromatic heterocycles. The molecule has 0 saturated heterocycles. The van der Waals surface area contributed by atoms with Crippen LogP contribution in [0.4, 0.5) is 5.69 Å². The summed E-state index contributed by atoms with van der Waals surface area (Å²) < 4.78 is 5.32. The highest BCUT2D eigenvalue weighted by molar-refractivity contribution is 7.99. The summed E-state index contributed by atoms with van der Waals surface area (Å²) >= 11 is 1.30. The van der Waals surface area contributed by atoms with Crippen LogP contribution in [0, 0.1) is 6.92 Å². The topological polar surface area (TPSA) is 90.7 Å². The summed E-state index contributed by atoms with van der Waals surface area (Å²) in [6.45, 7) is 1.74. The summed E-state index contributed by atoms with van der Waals surface area (Å²) in [5.41, 5.74) is 7.27. The van der Waals surface area contributed by atoms with Gasteiger partial charge in [0.2, 0.25) is 5.89 Å². The van der Waals surface area contributed by atoms with Gasteiger partial charge in [0.1, 0.15) is 11.4 Å². The Balaban J connectivity index is 2.08. The van der Waals surface area contributed by atoms with E-state index in [0.717, 1.165) is 15.9 Å². The maximum Gasteiger partial charge on any atom is 0.282 e. The highest BCUT2D eigenvalue weighted by atomic mass is 32.2. The van der Waals surface area contributed by atoms with Gasteiger partial charge in [-0.3, -0.25) is 0 Å². The van der Waals surface area contributed by atoms with Crippen molar-refractivity contribution in [2.45, 2.75) is 17.2 Å². The quantitative estimate of drug-likeness (QED) is 0.556. The molecule has 0 aliphatic rings. The Morgan fingerprint density at radius 3 is 2.89 bits per heavy atom. The maximum atomic E-state index is 5.77. The Morgan fingerprint density at radius 1 is 1.22 bits per heavy atom. The van der Waals surface area contributed by atoms with Gasteiger partial charge < -0.3 is 10.2 Å². The van der Waals surface area contributed by atoms with Crippen LogP contribution in [0.3, 0.4) is 0 Å². The Morgan fingerprint density at radius 2 is 2.11 bits per heavy atom. The average Bonchev–Trinajstić information content (AvgIpc) is 2.76. The van der Waals surface area contributed by atoms with Crippen molar-refractivity contribution in [3.63, 3.8) is 0 Å². The van der Waals surface area contributed by atoms with E-state index in [-0.39, 0.29) is 0 Å². The van der Waals surface area contributed by atoms with E-state index in [9.17, 15) is 0 Å². The van der Waals surface area contributed by atoms with E-state index >= 15 is 0 Å². The first-order valence-corrected chi connectivity index (χ1v) is 6.02. The van der Waals surface area contributed by atoms with Crippen molar-refractivity contribution >= 4 is 28.4 Å². The highest BCUT2D eigenvalue weighted by Gasteiger charge is 2.10. The summed E-state index contributed by atoms with van der Waals surface area (Å²) in [5, 5.41) is 9.77. The number of benzene rings is 1. The van der Waals surface area contributed by atoms with Crippen molar-refractivity contribution in [1.29, 1.82) is 0 Å². The van der Waals surface area contributed by atoms with Crippen LogP contribution < -0.4 is 5.73 Å². The molecular weight excluding hydrogens is 250 g/mol. The summed E-state index contributed by atoms with van der Waals surface area (Å²) in [4.78, 5) is 8.40. The molecule has 0 bridgehead atoms. The number of anilines is 1. The maximum absolute atomic E-state index is 5.77. The molecule has 6 nitrogen and oxygen atoms in total. The van der Waals surface area contributed by atoms with Crippen molar-refractivity contribution in [3.05, 3.63) is 30.4 Å². The Bertz CT molecular complexity index is 711. The summed E-state index contributed by atoms with van der Waals surface area (Å²) in [6, 6.07) is 5.50. The number of hydrogen-bond acceptors (Lipinski definition) is 7. The predicted octanol–water partition coefficient (Wildman–Crippen LogP) is 2.05. The number of hydrogen-bond donors (Lipinski definition) is 1. The molecule has 0 radical (unpaired) electrons. The van der Waals surface area contributed by atoms with Crippen LogP contribution in [0.25, 0.3) is 10.9 Å². The average molecular weight is 259 g/mol. The van der Waals surface area contributed by atoms with Gasteiger partial charge in [0.15, 0.2) is 0 Å². The molecule has 2 heterocycles. The minimum atomic E-state index is 0.454. The van der Waals surface area contributed by atoms with Crippen molar-refractivity contribution < 1.29 is 4.42 Å². The van der Waals surface area contributed by atoms with Crippen molar-refractivity contribution in [3.8, 4) is 0 Å². The van der Waals surface area contributed by atoms with Crippen molar-refractivity contribution in [1.82, 2.24) is 20.2 Å². The SMILES string of the molecule is Cc1nnc(Sc2ncnc3ccc(N)cc23)o1. The normalized spacial score (nSPS) is 10.9. The van der Waals surface area contributed by atoms with E-state index in [1.54, 1.807) is 13.0 Å². The highest BCUT2D eigenvalue weighted by Crippen LogP contribution is 2.30. The number of nitrogens with zero attached hydrogens (tertiary/aromatic N) is 4. The first-order chi connectivity index (χ1) is 8.72. The molecule has 2 N–H and O–H groups in total. The van der Waals surface area contributed by atoms with Crippen LogP contribution in [0.15, 0.2) is 39.2 Å². The fourth-order valence-corrected chi connectivity index (χ4v) is 2.32. The first kappa shape index (κ1) is 11.0. The van der Waals surface area contributed by atoms with Crippen LogP contribution in [0.5, 0.6) is 0 Å². The Kier molecular flexibility index (Phi) is 2.60. The minimum Gasteiger partial charge on any atom is -0.416 e. The molecule has 18 heavy (non-hydrogen) atoms. The zero-order valence-electron chi connectivity index (χ0n) is 9.49. The zero-order chi connectivity index (χ0) is 12.5. The standard InChI is InChI=1S/C11H9N5OS/c1-6-15-16-11(17-6)18-10-8-4-7(12)2-3-9(8)13-5-14-10/h2-5H,12H2,1H3. The smallest absolute Gasteiger partial charge is 0.282 e. The second-order valence-corrected chi connectivity index (χ2v) is 4.58. The fraction of sp³-hybridized carbons (Fsp3) is 0.0909. The zero-order valence-corrected chi connectivity index (χ0v) is 10.3. The van der Waals surface area contributed by atoms with E-state index < -0.39 is 0 Å². The lowest BCUT2D eigenvalue weighted by Gasteiger charge is -2.02. The lowest BCUT2D eigenvalue weighted by atomic mass is 10.2. The molecule has 0 amide bonds. The van der Waals surface area contributed by atoms with E-state index in [4.69, 9.17) is 10.2 Å². The third-order valence-electron chi connectivity index (χ3n) is 2.31. The third kappa shape index (κ3) is 2.00. The molecule has 7 heteroatoms. The fourth-order valence-electron chi connectivity index (χ4n) is 1.53. The Labute approximate surface area is 107 Å². The van der Waals surface area contributed by atoms with Crippen LogP contribution in [0.1, 0.15) is 5.89 Å². The van der Waals surface area contributed by atoms with Crippen LogP contribution in [-0.4, -0.2) is 20.2 Å². The van der Waals surface area contributed by atoms with Gasteiger partial charge in [0, 0.05) is 18.0 Å². The third-order valence-corrected chi connectivity index (χ3v) is 3.17. The molecule has 3 aromatic rings. The molecule has 1 aromatic carbocycles. The molecule has 90 valence electrons. The molecule has 3 rings (SSSR count). The largest absolute Gasteiger partial charge is 0.416 e. The number of aromatic nitrogens is 4. The molecule has 0 atom stereocenters. The molecule has 0 fully saturated rings. The number of nitrogen functional groups attached to an aromatic ring is 1. The van der Waals surface area contributed by atoms with Crippen molar-refractivity contribution in [2.24, 2.45) is 0 Å². The van der Waals surface area contributed by atoms with E-state index in [0.29, 0.717) is 16.8 Å². The number of aryl methyl sites for hydroxylation is 1. The van der Waals surface area contributed by atoms with Crippen molar-refractivity contribution in [2.75, 3.05) is 5.73 Å². The molecule has 0 aliphatic carbocycles. The molecule has 0 aliphatic heterocycles. The van der Waals surface area contributed by atoms with Gasteiger partial charge in [-0.05, 0) is 30.0 Å². The Hall–Kier alpha value is -2.15. The van der Waals surface area contributed by atoms with E-state index in [1.165, 1.54) is 18.1 Å². The van der Waals surface area contributed by atoms with Gasteiger partial charge in [0.05, 0.1) is 5.52 Å². The van der Waals surface area contributed by atoms with Crippen LogP contribution >= 0.6 is 11.8 Å². The van der Waals surface area contributed by atoms with E-state index in [1.807, 2.05) is 12.1 Å². The number of nitrogens with two attached hydrogens (primary N) is 1. The van der Waals surface area contributed by atoms with Gasteiger partial charge in [-0.25, -0.2) is 9.97 Å². The van der Waals surface area contributed by atoms with Gasteiger partial charge in [-0.1, -0.05) is 0 Å². The monoisotopic (exact) mass is 259 g/mol. The van der Waals surface area contributed by atoms with E-state index in [2.05, 4.69) is 20.2 Å². The number of fused-ring (bicyclic) bond motifs is 1. The molecule has 0 spiro atoms. The van der Waals surface area contributed by atoms with Gasteiger partial charge in [-0.2, -0.15) is 0 Å². The van der Waals surface area contributed by atoms with Crippen LogP contribution in [-0.2, 0) is 0 Å². The summed E-state index contributed by atoms with van der Waals surface area (Å²) in [5.74, 6) is 0.523. The molecule has 0 saturated carbocycles. The van der Waals surface area contributed by atoms with Gasteiger partial charge in [0.25, 0.3) is 5.22 Å². The molecular formula is C11H9N5OS. The molecule has 0 unspecified atom stereocenters. The van der Waals surface area contributed by atoms with Gasteiger partial charge >= 0.3 is 0 Å². The summed E-state index contributed by atoms with van der Waals surface area (Å²) in [6.07, 6.45) is 1.50. The lowest BCUT2D eigenvalue weighted by Crippen LogP contribution is -1.90.